The first kappa shape index (κ1) is 18.4. The first-order valence-corrected chi connectivity index (χ1v) is 7.77. The van der Waals surface area contributed by atoms with Gasteiger partial charge in [0.15, 0.2) is 0 Å². The smallest absolute Gasteiger partial charge is 0.323 e. The highest BCUT2D eigenvalue weighted by atomic mass is 16.4. The molecule has 0 saturated carbocycles. The van der Waals surface area contributed by atoms with Crippen molar-refractivity contribution in [3.63, 3.8) is 0 Å². The summed E-state index contributed by atoms with van der Waals surface area (Å²) in [6.07, 6.45) is 4.59. The number of hydrogen-bond acceptors (Lipinski definition) is 3. The fourth-order valence-electron chi connectivity index (χ4n) is 2.63. The van der Waals surface area contributed by atoms with Gasteiger partial charge in [-0.3, -0.25) is 4.79 Å². The van der Waals surface area contributed by atoms with E-state index in [0.717, 1.165) is 38.9 Å². The lowest BCUT2D eigenvalue weighted by molar-refractivity contribution is -0.145. The number of nitrogens with one attached hydrogen (secondary N) is 1. The van der Waals surface area contributed by atoms with Crippen LogP contribution in [0.25, 0.3) is 0 Å². The van der Waals surface area contributed by atoms with E-state index in [2.05, 4.69) is 24.1 Å². The van der Waals surface area contributed by atoms with Crippen molar-refractivity contribution < 1.29 is 9.90 Å². The normalized spacial score (nSPS) is 14.6. The third kappa shape index (κ3) is 6.39. The first-order valence-electron chi connectivity index (χ1n) is 7.77. The van der Waals surface area contributed by atoms with Gasteiger partial charge >= 0.3 is 5.97 Å². The summed E-state index contributed by atoms with van der Waals surface area (Å²) < 4.78 is 0. The number of rotatable bonds is 12. The van der Waals surface area contributed by atoms with Crippen molar-refractivity contribution in [3.05, 3.63) is 0 Å². The SMILES string of the molecule is CCCN(CCC)CCCC(CC)(NCC)C(=O)O. The van der Waals surface area contributed by atoms with Crippen LogP contribution in [0.15, 0.2) is 0 Å². The van der Waals surface area contributed by atoms with Crippen molar-refractivity contribution in [2.45, 2.75) is 65.3 Å². The molecule has 114 valence electrons. The molecule has 2 N–H and O–H groups in total. The van der Waals surface area contributed by atoms with E-state index >= 15 is 0 Å². The second kappa shape index (κ2) is 10.2. The number of carboxylic acid groups (broad SMARTS) is 1. The summed E-state index contributed by atoms with van der Waals surface area (Å²) in [5.41, 5.74) is -0.737. The number of hydrogen-bond donors (Lipinski definition) is 2. The fraction of sp³-hybridized carbons (Fsp3) is 0.933. The molecule has 4 nitrogen and oxygen atoms in total. The zero-order chi connectivity index (χ0) is 14.7. The minimum atomic E-state index is -0.737. The molecule has 0 radical (unpaired) electrons. The largest absolute Gasteiger partial charge is 0.480 e. The van der Waals surface area contributed by atoms with Gasteiger partial charge in [0.1, 0.15) is 5.54 Å². The zero-order valence-electron chi connectivity index (χ0n) is 13.2. The lowest BCUT2D eigenvalue weighted by atomic mass is 9.90. The van der Waals surface area contributed by atoms with Crippen LogP contribution < -0.4 is 5.32 Å². The molecular weight excluding hydrogens is 240 g/mol. The minimum absolute atomic E-state index is 0.637. The molecule has 1 unspecified atom stereocenters. The van der Waals surface area contributed by atoms with Gasteiger partial charge in [0, 0.05) is 0 Å². The van der Waals surface area contributed by atoms with Gasteiger partial charge in [0.25, 0.3) is 0 Å². The molecule has 0 fully saturated rings. The van der Waals surface area contributed by atoms with E-state index in [1.165, 1.54) is 0 Å². The Kier molecular flexibility index (Phi) is 9.88. The molecule has 0 saturated heterocycles. The maximum absolute atomic E-state index is 11.5. The van der Waals surface area contributed by atoms with Crippen molar-refractivity contribution in [2.75, 3.05) is 26.2 Å². The topological polar surface area (TPSA) is 52.6 Å². The van der Waals surface area contributed by atoms with E-state index in [-0.39, 0.29) is 0 Å². The van der Waals surface area contributed by atoms with Crippen LogP contribution in [0.5, 0.6) is 0 Å². The van der Waals surface area contributed by atoms with Crippen molar-refractivity contribution in [3.8, 4) is 0 Å². The summed E-state index contributed by atoms with van der Waals surface area (Å²) in [7, 11) is 0. The van der Waals surface area contributed by atoms with Gasteiger partial charge in [-0.25, -0.2) is 0 Å². The van der Waals surface area contributed by atoms with E-state index < -0.39 is 11.5 Å². The molecule has 0 bridgehead atoms. The molecular formula is C15H32N2O2. The zero-order valence-corrected chi connectivity index (χ0v) is 13.2. The molecule has 4 heteroatoms. The second-order valence-corrected chi connectivity index (χ2v) is 5.22. The fourth-order valence-corrected chi connectivity index (χ4v) is 2.63. The monoisotopic (exact) mass is 272 g/mol. The predicted molar refractivity (Wildman–Crippen MR) is 80.6 cm³/mol. The first-order chi connectivity index (χ1) is 9.06. The maximum Gasteiger partial charge on any atom is 0.323 e. The number of likely N-dealkylation sites (N-methyl/N-ethyl adjacent to an activating group) is 1. The number of carbonyl (C=O) groups is 1. The molecule has 0 aliphatic heterocycles. The van der Waals surface area contributed by atoms with Crippen LogP contribution in [-0.4, -0.2) is 47.7 Å². The predicted octanol–water partition coefficient (Wildman–Crippen LogP) is 2.73. The summed E-state index contributed by atoms with van der Waals surface area (Å²) in [6.45, 7) is 12.2. The number of aliphatic carboxylic acids is 1. The Bertz CT molecular complexity index is 240. The lowest BCUT2D eigenvalue weighted by Gasteiger charge is -2.30. The van der Waals surface area contributed by atoms with Crippen LogP contribution in [0, 0.1) is 0 Å². The minimum Gasteiger partial charge on any atom is -0.480 e. The average Bonchev–Trinajstić information content (AvgIpc) is 2.37. The maximum atomic E-state index is 11.5. The summed E-state index contributed by atoms with van der Waals surface area (Å²) in [4.78, 5) is 13.9. The van der Waals surface area contributed by atoms with Gasteiger partial charge in [0.05, 0.1) is 0 Å². The highest BCUT2D eigenvalue weighted by molar-refractivity contribution is 5.78. The van der Waals surface area contributed by atoms with E-state index in [0.29, 0.717) is 19.4 Å². The van der Waals surface area contributed by atoms with Crippen molar-refractivity contribution in [1.29, 1.82) is 0 Å². The third-order valence-electron chi connectivity index (χ3n) is 3.69. The van der Waals surface area contributed by atoms with Gasteiger partial charge in [-0.15, -0.1) is 0 Å². The standard InChI is InChI=1S/C15H32N2O2/c1-5-11-17(12-6-2)13-9-10-15(7-3,14(18)19)16-8-4/h16H,5-13H2,1-4H3,(H,18,19). The van der Waals surface area contributed by atoms with Gasteiger partial charge < -0.3 is 15.3 Å². The van der Waals surface area contributed by atoms with E-state index in [1.807, 2.05) is 13.8 Å². The summed E-state index contributed by atoms with van der Waals surface area (Å²) in [6, 6.07) is 0. The molecule has 0 aliphatic carbocycles. The van der Waals surface area contributed by atoms with Gasteiger partial charge in [-0.05, 0) is 58.3 Å². The summed E-state index contributed by atoms with van der Waals surface area (Å²) in [5.74, 6) is -0.714. The Labute approximate surface area is 118 Å². The van der Waals surface area contributed by atoms with Crippen molar-refractivity contribution in [1.82, 2.24) is 10.2 Å². The Hall–Kier alpha value is -0.610. The second-order valence-electron chi connectivity index (χ2n) is 5.22. The molecule has 0 aliphatic rings. The van der Waals surface area contributed by atoms with Gasteiger partial charge in [-0.2, -0.15) is 0 Å². The summed E-state index contributed by atoms with van der Waals surface area (Å²) in [5, 5.41) is 12.6. The van der Waals surface area contributed by atoms with Crippen LogP contribution >= 0.6 is 0 Å². The molecule has 0 heterocycles. The van der Waals surface area contributed by atoms with Gasteiger partial charge in [0.2, 0.25) is 0 Å². The average molecular weight is 272 g/mol. The van der Waals surface area contributed by atoms with Crippen LogP contribution in [0.3, 0.4) is 0 Å². The van der Waals surface area contributed by atoms with Crippen molar-refractivity contribution in [2.24, 2.45) is 0 Å². The van der Waals surface area contributed by atoms with E-state index in [4.69, 9.17) is 0 Å². The Morgan fingerprint density at radius 2 is 1.68 bits per heavy atom. The van der Waals surface area contributed by atoms with Crippen LogP contribution in [0.4, 0.5) is 0 Å². The molecule has 19 heavy (non-hydrogen) atoms. The molecule has 0 spiro atoms. The number of carboxylic acids is 1. The Morgan fingerprint density at radius 1 is 1.11 bits per heavy atom. The highest BCUT2D eigenvalue weighted by Crippen LogP contribution is 2.18. The lowest BCUT2D eigenvalue weighted by Crippen LogP contribution is -2.52. The molecule has 0 rings (SSSR count). The molecule has 0 aromatic carbocycles. The van der Waals surface area contributed by atoms with Crippen LogP contribution in [-0.2, 0) is 4.79 Å². The molecule has 0 aromatic rings. The van der Waals surface area contributed by atoms with Crippen molar-refractivity contribution >= 4 is 5.97 Å². The number of nitrogens with zero attached hydrogens (tertiary/aromatic N) is 1. The van der Waals surface area contributed by atoms with E-state index in [9.17, 15) is 9.90 Å². The highest BCUT2D eigenvalue weighted by Gasteiger charge is 2.34. The molecule has 0 aromatic heterocycles. The van der Waals surface area contributed by atoms with E-state index in [1.54, 1.807) is 0 Å². The molecule has 0 amide bonds. The Morgan fingerprint density at radius 3 is 2.05 bits per heavy atom. The summed E-state index contributed by atoms with van der Waals surface area (Å²) >= 11 is 0. The van der Waals surface area contributed by atoms with Crippen LogP contribution in [0.2, 0.25) is 0 Å². The molecule has 1 atom stereocenters. The van der Waals surface area contributed by atoms with Crippen LogP contribution in [0.1, 0.15) is 59.8 Å². The quantitative estimate of drug-likeness (QED) is 0.573. The van der Waals surface area contributed by atoms with Gasteiger partial charge in [-0.1, -0.05) is 27.7 Å². The Balaban J connectivity index is 4.34. The third-order valence-corrected chi connectivity index (χ3v) is 3.69.